The largest absolute Gasteiger partial charge is 0.485 e. The highest BCUT2D eigenvalue weighted by Crippen LogP contribution is 2.31. The molecule has 0 spiro atoms. The van der Waals surface area contributed by atoms with E-state index < -0.39 is 6.10 Å². The number of carbonyl (C=O) groups excluding carboxylic acids is 1. The number of para-hydroxylation sites is 2. The van der Waals surface area contributed by atoms with Gasteiger partial charge >= 0.3 is 0 Å². The second-order valence-electron chi connectivity index (χ2n) is 6.39. The first-order valence-electron chi connectivity index (χ1n) is 8.42. The van der Waals surface area contributed by atoms with Crippen molar-refractivity contribution in [3.63, 3.8) is 0 Å². The lowest BCUT2D eigenvalue weighted by Crippen LogP contribution is -2.49. The smallest absolute Gasteiger partial charge is 0.267 e. The van der Waals surface area contributed by atoms with Gasteiger partial charge in [-0.05, 0) is 30.9 Å². The van der Waals surface area contributed by atoms with E-state index in [9.17, 15) is 4.79 Å². The Balaban J connectivity index is 1.32. The number of likely N-dealkylation sites (tertiary alicyclic amines) is 1. The number of piperidine rings is 1. The van der Waals surface area contributed by atoms with E-state index in [4.69, 9.17) is 9.47 Å². The predicted octanol–water partition coefficient (Wildman–Crippen LogP) is 1.96. The summed E-state index contributed by atoms with van der Waals surface area (Å²) in [6.07, 6.45) is 7.12. The first-order chi connectivity index (χ1) is 11.8. The van der Waals surface area contributed by atoms with Gasteiger partial charge < -0.3 is 18.9 Å². The van der Waals surface area contributed by atoms with Crippen LogP contribution in [-0.4, -0.2) is 46.2 Å². The molecular formula is C18H21N3O3. The van der Waals surface area contributed by atoms with Crippen LogP contribution in [0.5, 0.6) is 11.5 Å². The predicted molar refractivity (Wildman–Crippen MR) is 87.9 cm³/mol. The van der Waals surface area contributed by atoms with Crippen molar-refractivity contribution in [1.82, 2.24) is 14.5 Å². The fraction of sp³-hybridized carbons (Fsp3) is 0.444. The van der Waals surface area contributed by atoms with Crippen molar-refractivity contribution in [2.24, 2.45) is 5.92 Å². The standard InChI is InChI=1S/C18H21N3O3/c22-18(17-12-23-15-3-1-2-4-16(15)24-17)21-8-5-14(6-9-21)11-20-10-7-19-13-20/h1-4,7,10,13-14,17H,5-6,8-9,11-12H2. The number of hydrogen-bond acceptors (Lipinski definition) is 4. The van der Waals surface area contributed by atoms with E-state index in [0.717, 1.165) is 32.5 Å². The van der Waals surface area contributed by atoms with Gasteiger partial charge in [0.1, 0.15) is 6.61 Å². The number of aromatic nitrogens is 2. The number of benzene rings is 1. The summed E-state index contributed by atoms with van der Waals surface area (Å²) in [5, 5.41) is 0. The lowest BCUT2D eigenvalue weighted by molar-refractivity contribution is -0.142. The maximum Gasteiger partial charge on any atom is 0.267 e. The Kier molecular flexibility index (Phi) is 4.11. The van der Waals surface area contributed by atoms with Crippen LogP contribution < -0.4 is 9.47 Å². The quantitative estimate of drug-likeness (QED) is 0.865. The van der Waals surface area contributed by atoms with Gasteiger partial charge in [0.05, 0.1) is 6.33 Å². The number of rotatable bonds is 3. The van der Waals surface area contributed by atoms with Crippen molar-refractivity contribution in [3.8, 4) is 11.5 Å². The summed E-state index contributed by atoms with van der Waals surface area (Å²) in [5.41, 5.74) is 0. The second kappa shape index (κ2) is 6.55. The highest BCUT2D eigenvalue weighted by molar-refractivity contribution is 5.82. The van der Waals surface area contributed by atoms with E-state index in [2.05, 4.69) is 9.55 Å². The maximum absolute atomic E-state index is 12.7. The minimum absolute atomic E-state index is 0.0329. The van der Waals surface area contributed by atoms with E-state index in [-0.39, 0.29) is 12.5 Å². The van der Waals surface area contributed by atoms with E-state index >= 15 is 0 Å². The van der Waals surface area contributed by atoms with Crippen LogP contribution in [0.2, 0.25) is 0 Å². The molecule has 0 saturated carbocycles. The number of carbonyl (C=O) groups is 1. The van der Waals surface area contributed by atoms with Gasteiger partial charge in [-0.25, -0.2) is 4.98 Å². The number of ether oxygens (including phenoxy) is 2. The molecule has 0 aliphatic carbocycles. The summed E-state index contributed by atoms with van der Waals surface area (Å²) in [6.45, 7) is 2.81. The number of amides is 1. The van der Waals surface area contributed by atoms with Crippen LogP contribution in [0.15, 0.2) is 43.0 Å². The molecule has 6 nitrogen and oxygen atoms in total. The topological polar surface area (TPSA) is 56.6 Å². The lowest BCUT2D eigenvalue weighted by Gasteiger charge is -2.35. The molecule has 24 heavy (non-hydrogen) atoms. The van der Waals surface area contributed by atoms with Crippen molar-refractivity contribution < 1.29 is 14.3 Å². The van der Waals surface area contributed by atoms with E-state index in [1.54, 1.807) is 6.20 Å². The molecule has 126 valence electrons. The van der Waals surface area contributed by atoms with Crippen molar-refractivity contribution in [3.05, 3.63) is 43.0 Å². The van der Waals surface area contributed by atoms with Gasteiger partial charge in [-0.3, -0.25) is 4.79 Å². The Labute approximate surface area is 141 Å². The molecule has 2 aliphatic heterocycles. The van der Waals surface area contributed by atoms with E-state index in [0.29, 0.717) is 17.4 Å². The van der Waals surface area contributed by atoms with Gasteiger partial charge in [-0.1, -0.05) is 12.1 Å². The first-order valence-corrected chi connectivity index (χ1v) is 8.42. The lowest BCUT2D eigenvalue weighted by atomic mass is 9.96. The number of imidazole rings is 1. The van der Waals surface area contributed by atoms with Gasteiger partial charge in [0.25, 0.3) is 5.91 Å². The van der Waals surface area contributed by atoms with Crippen LogP contribution in [0.4, 0.5) is 0 Å². The Hall–Kier alpha value is -2.50. The summed E-state index contributed by atoms with van der Waals surface area (Å²) < 4.78 is 13.6. The van der Waals surface area contributed by atoms with Crippen molar-refractivity contribution in [2.45, 2.75) is 25.5 Å². The van der Waals surface area contributed by atoms with Crippen LogP contribution in [0.1, 0.15) is 12.8 Å². The third-order valence-corrected chi connectivity index (χ3v) is 4.74. The molecule has 3 heterocycles. The molecule has 1 aromatic carbocycles. The van der Waals surface area contributed by atoms with Gasteiger partial charge in [-0.15, -0.1) is 0 Å². The van der Waals surface area contributed by atoms with Crippen LogP contribution in [-0.2, 0) is 11.3 Å². The third kappa shape index (κ3) is 3.09. The number of nitrogens with zero attached hydrogens (tertiary/aromatic N) is 3. The molecule has 2 aliphatic rings. The third-order valence-electron chi connectivity index (χ3n) is 4.74. The first kappa shape index (κ1) is 15.1. The Bertz CT molecular complexity index is 693. The van der Waals surface area contributed by atoms with Gasteiger partial charge in [0.2, 0.25) is 6.10 Å². The van der Waals surface area contributed by atoms with Gasteiger partial charge in [0, 0.05) is 32.0 Å². The number of fused-ring (bicyclic) bond motifs is 1. The molecule has 2 aromatic rings. The molecule has 4 rings (SSSR count). The zero-order valence-electron chi connectivity index (χ0n) is 13.5. The summed E-state index contributed by atoms with van der Waals surface area (Å²) in [7, 11) is 0. The van der Waals surface area contributed by atoms with Crippen molar-refractivity contribution in [2.75, 3.05) is 19.7 Å². The highest BCUT2D eigenvalue weighted by atomic mass is 16.6. The molecule has 0 radical (unpaired) electrons. The molecule has 0 N–H and O–H groups in total. The zero-order chi connectivity index (χ0) is 16.4. The maximum atomic E-state index is 12.7. The normalized spacial score (nSPS) is 20.8. The molecule has 1 saturated heterocycles. The average molecular weight is 327 g/mol. The molecule has 1 unspecified atom stereocenters. The molecule has 1 atom stereocenters. The van der Waals surface area contributed by atoms with Crippen molar-refractivity contribution in [1.29, 1.82) is 0 Å². The van der Waals surface area contributed by atoms with Gasteiger partial charge in [0.15, 0.2) is 11.5 Å². The summed E-state index contributed by atoms with van der Waals surface area (Å²) >= 11 is 0. The van der Waals surface area contributed by atoms with Gasteiger partial charge in [-0.2, -0.15) is 0 Å². The van der Waals surface area contributed by atoms with Crippen molar-refractivity contribution >= 4 is 5.91 Å². The van der Waals surface area contributed by atoms with Crippen LogP contribution in [0.25, 0.3) is 0 Å². The van der Waals surface area contributed by atoms with E-state index in [1.165, 1.54) is 0 Å². The molecule has 1 aromatic heterocycles. The zero-order valence-corrected chi connectivity index (χ0v) is 13.5. The van der Waals surface area contributed by atoms with Crippen LogP contribution in [0, 0.1) is 5.92 Å². The highest BCUT2D eigenvalue weighted by Gasteiger charge is 2.33. The Morgan fingerprint density at radius 3 is 2.75 bits per heavy atom. The van der Waals surface area contributed by atoms with E-state index in [1.807, 2.05) is 41.7 Å². The molecule has 0 bridgehead atoms. The molecule has 6 heteroatoms. The molecule has 1 amide bonds. The fourth-order valence-corrected chi connectivity index (χ4v) is 3.37. The number of hydrogen-bond donors (Lipinski definition) is 0. The second-order valence-corrected chi connectivity index (χ2v) is 6.39. The SMILES string of the molecule is O=C(C1COc2ccccc2O1)N1CCC(Cn2ccnc2)CC1. The summed E-state index contributed by atoms with van der Waals surface area (Å²) in [4.78, 5) is 18.7. The monoisotopic (exact) mass is 327 g/mol. The minimum Gasteiger partial charge on any atom is -0.485 e. The Morgan fingerprint density at radius 1 is 1.21 bits per heavy atom. The van der Waals surface area contributed by atoms with Crippen LogP contribution >= 0.6 is 0 Å². The average Bonchev–Trinajstić information content (AvgIpc) is 3.14. The molecule has 1 fully saturated rings. The Morgan fingerprint density at radius 2 is 2.00 bits per heavy atom. The fourth-order valence-electron chi connectivity index (χ4n) is 3.37. The summed E-state index contributed by atoms with van der Waals surface area (Å²) in [5.74, 6) is 1.98. The minimum atomic E-state index is -0.537. The van der Waals surface area contributed by atoms with Crippen LogP contribution in [0.3, 0.4) is 0 Å². The molecular weight excluding hydrogens is 306 g/mol. The summed E-state index contributed by atoms with van der Waals surface area (Å²) in [6, 6.07) is 7.48.